The minimum Gasteiger partial charge on any atom is -0.319 e. The quantitative estimate of drug-likeness (QED) is 0.805. The van der Waals surface area contributed by atoms with E-state index in [-0.39, 0.29) is 6.04 Å². The van der Waals surface area contributed by atoms with Crippen LogP contribution in [0.1, 0.15) is 22.9 Å². The van der Waals surface area contributed by atoms with Gasteiger partial charge in [-0.05, 0) is 30.2 Å². The molecule has 0 fully saturated rings. The van der Waals surface area contributed by atoms with Gasteiger partial charge < -0.3 is 5.73 Å². The Morgan fingerprint density at radius 1 is 1.07 bits per heavy atom. The maximum absolute atomic E-state index is 6.15. The van der Waals surface area contributed by atoms with Crippen molar-refractivity contribution in [1.29, 1.82) is 0 Å². The normalized spacial score (nSPS) is 12.4. The summed E-state index contributed by atoms with van der Waals surface area (Å²) in [4.78, 5) is 4.27. The fraction of sp³-hybridized carbons (Fsp3) is 0.154. The lowest BCUT2D eigenvalue weighted by Crippen LogP contribution is -2.14. The Morgan fingerprint density at radius 2 is 1.80 bits per heavy atom. The van der Waals surface area contributed by atoms with Crippen LogP contribution in [0.15, 0.2) is 48.7 Å². The SMILES string of the molecule is Cc1ccccc1[C@H](N)c1ccccn1. The van der Waals surface area contributed by atoms with Gasteiger partial charge in [-0.3, -0.25) is 4.98 Å². The van der Waals surface area contributed by atoms with Crippen LogP contribution >= 0.6 is 0 Å². The first-order chi connectivity index (χ1) is 7.29. The summed E-state index contributed by atoms with van der Waals surface area (Å²) in [6.07, 6.45) is 1.77. The van der Waals surface area contributed by atoms with E-state index in [2.05, 4.69) is 24.0 Å². The van der Waals surface area contributed by atoms with Crippen molar-refractivity contribution in [3.63, 3.8) is 0 Å². The Morgan fingerprint density at radius 3 is 2.47 bits per heavy atom. The van der Waals surface area contributed by atoms with Crippen LogP contribution < -0.4 is 5.73 Å². The zero-order valence-corrected chi connectivity index (χ0v) is 8.72. The van der Waals surface area contributed by atoms with Gasteiger partial charge in [-0.2, -0.15) is 0 Å². The third-order valence-corrected chi connectivity index (χ3v) is 2.53. The average Bonchev–Trinajstić information content (AvgIpc) is 2.30. The van der Waals surface area contributed by atoms with Crippen molar-refractivity contribution in [2.75, 3.05) is 0 Å². The van der Waals surface area contributed by atoms with E-state index in [1.165, 1.54) is 5.56 Å². The van der Waals surface area contributed by atoms with Crippen molar-refractivity contribution < 1.29 is 0 Å². The molecule has 0 radical (unpaired) electrons. The molecule has 0 saturated heterocycles. The molecule has 76 valence electrons. The minimum atomic E-state index is -0.132. The molecule has 2 N–H and O–H groups in total. The summed E-state index contributed by atoms with van der Waals surface area (Å²) in [7, 11) is 0. The summed E-state index contributed by atoms with van der Waals surface area (Å²) in [5.74, 6) is 0. The van der Waals surface area contributed by atoms with E-state index in [1.54, 1.807) is 6.20 Å². The van der Waals surface area contributed by atoms with Gasteiger partial charge in [0.25, 0.3) is 0 Å². The monoisotopic (exact) mass is 198 g/mol. The number of benzene rings is 1. The third kappa shape index (κ3) is 2.05. The maximum Gasteiger partial charge on any atom is 0.0728 e. The van der Waals surface area contributed by atoms with Crippen LogP contribution in [0.3, 0.4) is 0 Å². The molecule has 15 heavy (non-hydrogen) atoms. The predicted octanol–water partition coefficient (Wildman–Crippen LogP) is 2.44. The summed E-state index contributed by atoms with van der Waals surface area (Å²) in [5, 5.41) is 0. The molecule has 2 rings (SSSR count). The Bertz CT molecular complexity index is 437. The van der Waals surface area contributed by atoms with Crippen LogP contribution in [0, 0.1) is 6.92 Å². The third-order valence-electron chi connectivity index (χ3n) is 2.53. The fourth-order valence-electron chi connectivity index (χ4n) is 1.65. The van der Waals surface area contributed by atoms with E-state index in [0.717, 1.165) is 11.3 Å². The molecule has 0 aliphatic carbocycles. The largest absolute Gasteiger partial charge is 0.319 e. The Balaban J connectivity index is 2.37. The lowest BCUT2D eigenvalue weighted by atomic mass is 9.99. The van der Waals surface area contributed by atoms with Gasteiger partial charge in [0, 0.05) is 6.20 Å². The summed E-state index contributed by atoms with van der Waals surface area (Å²) < 4.78 is 0. The lowest BCUT2D eigenvalue weighted by Gasteiger charge is -2.13. The average molecular weight is 198 g/mol. The zero-order valence-electron chi connectivity index (χ0n) is 8.72. The number of hydrogen-bond acceptors (Lipinski definition) is 2. The molecule has 1 heterocycles. The highest BCUT2D eigenvalue weighted by atomic mass is 14.8. The molecule has 1 aromatic heterocycles. The second kappa shape index (κ2) is 4.24. The van der Waals surface area contributed by atoms with Gasteiger partial charge >= 0.3 is 0 Å². The molecule has 2 nitrogen and oxygen atoms in total. The molecule has 0 bridgehead atoms. The number of nitrogens with two attached hydrogens (primary N) is 1. The van der Waals surface area contributed by atoms with Gasteiger partial charge in [-0.1, -0.05) is 30.3 Å². The number of pyridine rings is 1. The van der Waals surface area contributed by atoms with Gasteiger partial charge in [0.2, 0.25) is 0 Å². The second-order valence-electron chi connectivity index (χ2n) is 3.59. The van der Waals surface area contributed by atoms with Crippen LogP contribution in [0.25, 0.3) is 0 Å². The molecule has 0 saturated carbocycles. The number of aromatic nitrogens is 1. The summed E-state index contributed by atoms with van der Waals surface area (Å²) in [5.41, 5.74) is 9.40. The van der Waals surface area contributed by atoms with Crippen LogP contribution in [0.5, 0.6) is 0 Å². The summed E-state index contributed by atoms with van der Waals surface area (Å²) >= 11 is 0. The van der Waals surface area contributed by atoms with Crippen molar-refractivity contribution >= 4 is 0 Å². The van der Waals surface area contributed by atoms with Crippen molar-refractivity contribution in [1.82, 2.24) is 4.98 Å². The molecule has 0 unspecified atom stereocenters. The van der Waals surface area contributed by atoms with E-state index < -0.39 is 0 Å². The first kappa shape index (κ1) is 9.87. The van der Waals surface area contributed by atoms with Gasteiger partial charge in [0.1, 0.15) is 0 Å². The second-order valence-corrected chi connectivity index (χ2v) is 3.59. The molecule has 0 spiro atoms. The Kier molecular flexibility index (Phi) is 2.79. The molecular weight excluding hydrogens is 184 g/mol. The Hall–Kier alpha value is -1.67. The van der Waals surface area contributed by atoms with Crippen molar-refractivity contribution in [2.24, 2.45) is 5.73 Å². The standard InChI is InChI=1S/C13H14N2/c1-10-6-2-3-7-11(10)13(14)12-8-4-5-9-15-12/h2-9,13H,14H2,1H3/t13-/m0/s1. The molecular formula is C13H14N2. The summed E-state index contributed by atoms with van der Waals surface area (Å²) in [6, 6.07) is 13.8. The fourth-order valence-corrected chi connectivity index (χ4v) is 1.65. The van der Waals surface area contributed by atoms with Gasteiger partial charge in [0.05, 0.1) is 11.7 Å². The number of nitrogens with zero attached hydrogens (tertiary/aromatic N) is 1. The van der Waals surface area contributed by atoms with E-state index in [0.29, 0.717) is 0 Å². The van der Waals surface area contributed by atoms with Crippen LogP contribution in [0.4, 0.5) is 0 Å². The molecule has 0 amide bonds. The zero-order chi connectivity index (χ0) is 10.7. The van der Waals surface area contributed by atoms with Crippen LogP contribution in [0.2, 0.25) is 0 Å². The van der Waals surface area contributed by atoms with Gasteiger partial charge in [-0.25, -0.2) is 0 Å². The molecule has 0 aliphatic heterocycles. The van der Waals surface area contributed by atoms with E-state index in [4.69, 9.17) is 5.73 Å². The maximum atomic E-state index is 6.15. The summed E-state index contributed by atoms with van der Waals surface area (Å²) in [6.45, 7) is 2.07. The number of rotatable bonds is 2. The highest BCUT2D eigenvalue weighted by Gasteiger charge is 2.10. The topological polar surface area (TPSA) is 38.9 Å². The highest BCUT2D eigenvalue weighted by Crippen LogP contribution is 2.20. The van der Waals surface area contributed by atoms with E-state index in [9.17, 15) is 0 Å². The molecule has 2 heteroatoms. The van der Waals surface area contributed by atoms with Gasteiger partial charge in [-0.15, -0.1) is 0 Å². The minimum absolute atomic E-state index is 0.132. The van der Waals surface area contributed by atoms with E-state index in [1.807, 2.05) is 30.3 Å². The van der Waals surface area contributed by atoms with Crippen LogP contribution in [-0.4, -0.2) is 4.98 Å². The lowest BCUT2D eigenvalue weighted by molar-refractivity contribution is 0.821. The first-order valence-electron chi connectivity index (χ1n) is 5.01. The smallest absolute Gasteiger partial charge is 0.0728 e. The van der Waals surface area contributed by atoms with Crippen molar-refractivity contribution in [3.8, 4) is 0 Å². The number of hydrogen-bond donors (Lipinski definition) is 1. The van der Waals surface area contributed by atoms with E-state index >= 15 is 0 Å². The van der Waals surface area contributed by atoms with Crippen LogP contribution in [-0.2, 0) is 0 Å². The van der Waals surface area contributed by atoms with Crippen molar-refractivity contribution in [2.45, 2.75) is 13.0 Å². The highest BCUT2D eigenvalue weighted by molar-refractivity contribution is 5.33. The molecule has 1 aromatic carbocycles. The first-order valence-corrected chi connectivity index (χ1v) is 5.01. The predicted molar refractivity (Wildman–Crippen MR) is 61.4 cm³/mol. The van der Waals surface area contributed by atoms with Gasteiger partial charge in [0.15, 0.2) is 0 Å². The number of aryl methyl sites for hydroxylation is 1. The molecule has 1 atom stereocenters. The van der Waals surface area contributed by atoms with Crippen molar-refractivity contribution in [3.05, 3.63) is 65.5 Å². The Labute approximate surface area is 89.8 Å². The molecule has 0 aliphatic rings. The molecule has 2 aromatic rings.